The van der Waals surface area contributed by atoms with Crippen molar-refractivity contribution in [2.45, 2.75) is 45.2 Å². The van der Waals surface area contributed by atoms with Gasteiger partial charge >= 0.3 is 0 Å². The summed E-state index contributed by atoms with van der Waals surface area (Å²) < 4.78 is 69.8. The van der Waals surface area contributed by atoms with Crippen molar-refractivity contribution in [3.63, 3.8) is 0 Å². The van der Waals surface area contributed by atoms with Gasteiger partial charge in [-0.15, -0.1) is 0 Å². The van der Waals surface area contributed by atoms with Crippen molar-refractivity contribution in [3.8, 4) is 11.1 Å². The molecule has 1 fully saturated rings. The molecule has 1 aliphatic rings. The Morgan fingerprint density at radius 1 is 0.758 bits per heavy atom. The maximum atomic E-state index is 14.7. The van der Waals surface area contributed by atoms with Crippen LogP contribution in [0.5, 0.6) is 0 Å². The topological polar surface area (TPSA) is 0 Å². The Kier molecular flexibility index (Phi) is 6.96. The Morgan fingerprint density at radius 2 is 1.45 bits per heavy atom. The minimum Gasteiger partial charge on any atom is -0.246 e. The van der Waals surface area contributed by atoms with Crippen molar-refractivity contribution in [1.82, 2.24) is 0 Å². The van der Waals surface area contributed by atoms with Gasteiger partial charge < -0.3 is 0 Å². The van der Waals surface area contributed by atoms with Crippen LogP contribution in [0.25, 0.3) is 23.3 Å². The second kappa shape index (κ2) is 9.90. The molecule has 0 unspecified atom stereocenters. The highest BCUT2D eigenvalue weighted by Crippen LogP contribution is 2.36. The van der Waals surface area contributed by atoms with Crippen molar-refractivity contribution in [2.24, 2.45) is 5.92 Å². The summed E-state index contributed by atoms with van der Waals surface area (Å²) in [5.74, 6) is -2.00. The SMILES string of the molecule is CC1CCC(c2ccc(/C=C/c3ccc(-c4cc(F)c(CF)c(F)c4)c(F)c3)c(F)c2)CC1. The molecule has 0 N–H and O–H groups in total. The van der Waals surface area contributed by atoms with Gasteiger partial charge in [0, 0.05) is 11.1 Å². The van der Waals surface area contributed by atoms with Gasteiger partial charge in [-0.2, -0.15) is 0 Å². The molecule has 0 saturated heterocycles. The van der Waals surface area contributed by atoms with Crippen molar-refractivity contribution in [2.75, 3.05) is 0 Å². The average Bonchev–Trinajstić information content (AvgIpc) is 2.78. The van der Waals surface area contributed by atoms with Gasteiger partial charge in [0.15, 0.2) is 0 Å². The highest BCUT2D eigenvalue weighted by Gasteiger charge is 2.20. The van der Waals surface area contributed by atoms with Gasteiger partial charge in [-0.25, -0.2) is 22.0 Å². The fourth-order valence-corrected chi connectivity index (χ4v) is 4.47. The van der Waals surface area contributed by atoms with E-state index >= 15 is 0 Å². The number of hydrogen-bond donors (Lipinski definition) is 0. The van der Waals surface area contributed by atoms with Crippen LogP contribution in [0.2, 0.25) is 0 Å². The first-order chi connectivity index (χ1) is 15.9. The predicted octanol–water partition coefficient (Wildman–Crippen LogP) is 8.84. The lowest BCUT2D eigenvalue weighted by Crippen LogP contribution is -2.11. The lowest BCUT2D eigenvalue weighted by molar-refractivity contribution is 0.347. The summed E-state index contributed by atoms with van der Waals surface area (Å²) >= 11 is 0. The molecular formula is C28H25F5. The minimum atomic E-state index is -1.28. The first-order valence-electron chi connectivity index (χ1n) is 11.2. The molecule has 0 bridgehead atoms. The van der Waals surface area contributed by atoms with Crippen LogP contribution in [-0.2, 0) is 6.67 Å². The molecule has 0 atom stereocenters. The molecule has 1 aliphatic carbocycles. The number of benzene rings is 3. The van der Waals surface area contributed by atoms with Gasteiger partial charge in [0.2, 0.25) is 0 Å². The molecule has 0 aromatic heterocycles. The average molecular weight is 456 g/mol. The molecule has 0 spiro atoms. The second-order valence-electron chi connectivity index (χ2n) is 8.86. The molecular weight excluding hydrogens is 431 g/mol. The summed E-state index contributed by atoms with van der Waals surface area (Å²) in [5, 5.41) is 0. The number of hydrogen-bond acceptors (Lipinski definition) is 0. The third-order valence-corrected chi connectivity index (χ3v) is 6.55. The minimum absolute atomic E-state index is 0.00677. The van der Waals surface area contributed by atoms with Crippen LogP contribution >= 0.6 is 0 Å². The van der Waals surface area contributed by atoms with Crippen LogP contribution in [0.1, 0.15) is 60.8 Å². The number of alkyl halides is 1. The highest BCUT2D eigenvalue weighted by molar-refractivity contribution is 5.73. The molecule has 33 heavy (non-hydrogen) atoms. The van der Waals surface area contributed by atoms with E-state index in [1.807, 2.05) is 6.07 Å². The molecule has 172 valence electrons. The van der Waals surface area contributed by atoms with E-state index < -0.39 is 29.7 Å². The van der Waals surface area contributed by atoms with Gasteiger partial charge in [-0.1, -0.05) is 56.2 Å². The molecule has 1 saturated carbocycles. The third kappa shape index (κ3) is 5.18. The Labute approximate surface area is 190 Å². The van der Waals surface area contributed by atoms with Gasteiger partial charge in [0.05, 0.1) is 5.56 Å². The summed E-state index contributed by atoms with van der Waals surface area (Å²) in [5.41, 5.74) is 1.19. The number of rotatable bonds is 5. The standard InChI is InChI=1S/C28H25F5/c1-17-2-6-19(7-3-17)21-10-9-20(25(30)13-21)8-4-18-5-11-23(26(31)12-18)22-14-27(32)24(16-29)28(33)15-22/h4-5,8-15,17,19H,2-3,6-7,16H2,1H3/b8-4+. The van der Waals surface area contributed by atoms with E-state index in [1.165, 1.54) is 12.1 Å². The molecule has 3 aromatic carbocycles. The Hall–Kier alpha value is -2.95. The first kappa shape index (κ1) is 23.2. The summed E-state index contributed by atoms with van der Waals surface area (Å²) in [6, 6.07) is 11.3. The van der Waals surface area contributed by atoms with E-state index in [9.17, 15) is 22.0 Å². The summed E-state index contributed by atoms with van der Waals surface area (Å²) in [4.78, 5) is 0. The van der Waals surface area contributed by atoms with E-state index in [0.717, 1.165) is 49.3 Å². The van der Waals surface area contributed by atoms with E-state index in [4.69, 9.17) is 0 Å². The predicted molar refractivity (Wildman–Crippen MR) is 122 cm³/mol. The van der Waals surface area contributed by atoms with Gasteiger partial charge in [0.25, 0.3) is 0 Å². The third-order valence-electron chi connectivity index (χ3n) is 6.55. The molecule has 0 heterocycles. The van der Waals surface area contributed by atoms with Gasteiger partial charge in [0.1, 0.15) is 29.9 Å². The summed E-state index contributed by atoms with van der Waals surface area (Å²) in [7, 11) is 0. The highest BCUT2D eigenvalue weighted by atomic mass is 19.2. The summed E-state index contributed by atoms with van der Waals surface area (Å²) in [6.45, 7) is 0.973. The molecule has 0 radical (unpaired) electrons. The fraction of sp³-hybridized carbons (Fsp3) is 0.286. The smallest absolute Gasteiger partial charge is 0.132 e. The zero-order chi connectivity index (χ0) is 23.5. The van der Waals surface area contributed by atoms with Crippen LogP contribution in [0.4, 0.5) is 22.0 Å². The Bertz CT molecular complexity index is 1150. The van der Waals surface area contributed by atoms with Crippen LogP contribution < -0.4 is 0 Å². The van der Waals surface area contributed by atoms with Crippen LogP contribution in [0, 0.1) is 29.2 Å². The van der Waals surface area contributed by atoms with Crippen LogP contribution in [0.3, 0.4) is 0 Å². The molecule has 5 heteroatoms. The second-order valence-corrected chi connectivity index (χ2v) is 8.86. The molecule has 0 amide bonds. The van der Waals surface area contributed by atoms with Crippen molar-refractivity contribution in [1.29, 1.82) is 0 Å². The Morgan fingerprint density at radius 3 is 2.06 bits per heavy atom. The van der Waals surface area contributed by atoms with Crippen molar-refractivity contribution in [3.05, 3.63) is 94.1 Å². The van der Waals surface area contributed by atoms with Crippen LogP contribution in [0.15, 0.2) is 48.5 Å². The van der Waals surface area contributed by atoms with Gasteiger partial charge in [-0.3, -0.25) is 0 Å². The van der Waals surface area contributed by atoms with E-state index in [-0.39, 0.29) is 16.9 Å². The van der Waals surface area contributed by atoms with E-state index in [1.54, 1.807) is 30.4 Å². The lowest BCUT2D eigenvalue weighted by atomic mass is 9.79. The molecule has 0 nitrogen and oxygen atoms in total. The zero-order valence-electron chi connectivity index (χ0n) is 18.4. The quantitative estimate of drug-likeness (QED) is 0.266. The number of halogens is 5. The van der Waals surface area contributed by atoms with Crippen LogP contribution in [-0.4, -0.2) is 0 Å². The Balaban J connectivity index is 1.52. The normalized spacial score (nSPS) is 18.7. The maximum Gasteiger partial charge on any atom is 0.132 e. The molecule has 4 rings (SSSR count). The monoisotopic (exact) mass is 456 g/mol. The first-order valence-corrected chi connectivity index (χ1v) is 11.2. The van der Waals surface area contributed by atoms with E-state index in [0.29, 0.717) is 17.0 Å². The zero-order valence-corrected chi connectivity index (χ0v) is 18.4. The maximum absolute atomic E-state index is 14.7. The van der Waals surface area contributed by atoms with Gasteiger partial charge in [-0.05, 0) is 65.6 Å². The van der Waals surface area contributed by atoms with Crippen molar-refractivity contribution < 1.29 is 22.0 Å². The lowest BCUT2D eigenvalue weighted by Gasteiger charge is -2.26. The van der Waals surface area contributed by atoms with Crippen molar-refractivity contribution >= 4 is 12.2 Å². The summed E-state index contributed by atoms with van der Waals surface area (Å²) in [6.07, 6.45) is 7.63. The van der Waals surface area contributed by atoms with E-state index in [2.05, 4.69) is 6.92 Å². The fourth-order valence-electron chi connectivity index (χ4n) is 4.47. The molecule has 0 aliphatic heterocycles. The molecule has 3 aromatic rings. The largest absolute Gasteiger partial charge is 0.246 e.